The Hall–Kier alpha value is -5.46. The van der Waals surface area contributed by atoms with E-state index < -0.39 is 8.07 Å². The van der Waals surface area contributed by atoms with Gasteiger partial charge < -0.3 is 14.0 Å². The first-order valence-corrected chi connectivity index (χ1v) is 23.3. The molecule has 0 atom stereocenters. The fourth-order valence-corrected chi connectivity index (χ4v) is 8.54. The van der Waals surface area contributed by atoms with Crippen LogP contribution in [0.2, 0.25) is 19.6 Å². The Morgan fingerprint density at radius 3 is 2.03 bits per heavy atom. The van der Waals surface area contributed by atoms with Crippen LogP contribution < -0.4 is 5.19 Å². The normalized spacial score (nSPS) is 11.6. The molecule has 9 rings (SSSR count). The Labute approximate surface area is 356 Å². The molecule has 1 radical (unpaired) electrons. The van der Waals surface area contributed by atoms with Gasteiger partial charge in [0.2, 0.25) is 0 Å². The van der Waals surface area contributed by atoms with Crippen LogP contribution in [0, 0.1) is 19.1 Å². The number of benzene rings is 5. The van der Waals surface area contributed by atoms with Crippen LogP contribution in [-0.4, -0.2) is 27.6 Å². The Morgan fingerprint density at radius 2 is 1.38 bits per heavy atom. The van der Waals surface area contributed by atoms with E-state index in [2.05, 4.69) is 165 Å². The summed E-state index contributed by atoms with van der Waals surface area (Å²) >= 11 is 0. The third kappa shape index (κ3) is 8.00. The number of hydrogen-bond donors (Lipinski definition) is 0. The van der Waals surface area contributed by atoms with Crippen LogP contribution in [0.3, 0.4) is 0 Å². The van der Waals surface area contributed by atoms with Crippen molar-refractivity contribution in [2.24, 2.45) is 0 Å². The van der Waals surface area contributed by atoms with Gasteiger partial charge in [0, 0.05) is 43.1 Å². The maximum atomic E-state index is 6.47. The van der Waals surface area contributed by atoms with Crippen molar-refractivity contribution in [1.29, 1.82) is 0 Å². The molecule has 4 heterocycles. The molecule has 0 saturated carbocycles. The van der Waals surface area contributed by atoms with Crippen LogP contribution >= 0.6 is 0 Å². The third-order valence-corrected chi connectivity index (χ3v) is 12.6. The van der Waals surface area contributed by atoms with Gasteiger partial charge in [-0.2, -0.15) is 0 Å². The topological polar surface area (TPSA) is 56.7 Å². The molecular formula is C51H48IrN4OSi-2. The van der Waals surface area contributed by atoms with Crippen LogP contribution in [0.5, 0.6) is 0 Å². The monoisotopic (exact) mass is 953 g/mol. The zero-order valence-corrected chi connectivity index (χ0v) is 37.8. The smallest absolute Gasteiger partial charge is 0.139 e. The number of para-hydroxylation sites is 2. The molecule has 5 aromatic carbocycles. The van der Waals surface area contributed by atoms with Gasteiger partial charge in [-0.1, -0.05) is 113 Å². The Morgan fingerprint density at radius 1 is 0.672 bits per heavy atom. The van der Waals surface area contributed by atoms with Crippen molar-refractivity contribution in [1.82, 2.24) is 19.5 Å². The van der Waals surface area contributed by atoms with E-state index in [0.717, 1.165) is 61.3 Å². The average Bonchev–Trinajstić information content (AvgIpc) is 3.79. The molecule has 0 N–H and O–H groups in total. The average molecular weight is 953 g/mol. The zero-order valence-electron chi connectivity index (χ0n) is 34.4. The second-order valence-corrected chi connectivity index (χ2v) is 21.5. The third-order valence-electron chi connectivity index (χ3n) is 10.6. The molecular weight excluding hydrogens is 905 g/mol. The molecule has 9 aromatic rings. The molecule has 7 heteroatoms. The molecule has 293 valence electrons. The van der Waals surface area contributed by atoms with E-state index in [1.54, 1.807) is 0 Å². The van der Waals surface area contributed by atoms with Crippen LogP contribution in [-0.2, 0) is 20.1 Å². The van der Waals surface area contributed by atoms with Gasteiger partial charge in [0.1, 0.15) is 5.58 Å². The van der Waals surface area contributed by atoms with Crippen molar-refractivity contribution in [3.05, 3.63) is 163 Å². The quantitative estimate of drug-likeness (QED) is 0.118. The summed E-state index contributed by atoms with van der Waals surface area (Å²) in [6.07, 6.45) is 3.83. The van der Waals surface area contributed by atoms with Crippen molar-refractivity contribution in [3.8, 4) is 39.5 Å². The number of furan rings is 1. The minimum atomic E-state index is -1.23. The number of imidazole rings is 1. The minimum Gasteiger partial charge on any atom is -0.499 e. The first kappa shape index (κ1) is 40.7. The number of rotatable bonds is 7. The molecule has 0 aliphatic carbocycles. The molecule has 0 spiro atoms. The van der Waals surface area contributed by atoms with Gasteiger partial charge >= 0.3 is 0 Å². The van der Waals surface area contributed by atoms with E-state index in [9.17, 15) is 0 Å². The number of aryl methyl sites for hydroxylation is 1. The fourth-order valence-electron chi connectivity index (χ4n) is 7.50. The minimum absolute atomic E-state index is 0. The maximum absolute atomic E-state index is 6.47. The summed E-state index contributed by atoms with van der Waals surface area (Å²) in [5.74, 6) is 1.41. The predicted molar refractivity (Wildman–Crippen MR) is 240 cm³/mol. The molecule has 4 aromatic heterocycles. The zero-order chi connectivity index (χ0) is 39.8. The molecule has 5 nitrogen and oxygen atoms in total. The largest absolute Gasteiger partial charge is 0.499 e. The number of pyridine rings is 2. The molecule has 0 bridgehead atoms. The van der Waals surface area contributed by atoms with Crippen LogP contribution in [0.1, 0.15) is 56.4 Å². The second-order valence-electron chi connectivity index (χ2n) is 16.4. The van der Waals surface area contributed by atoms with Crippen molar-refractivity contribution in [2.45, 2.75) is 66.1 Å². The number of hydrogen-bond acceptors (Lipinski definition) is 4. The van der Waals surface area contributed by atoms with E-state index in [4.69, 9.17) is 9.40 Å². The Bertz CT molecular complexity index is 2810. The second kappa shape index (κ2) is 16.8. The molecule has 0 unspecified atom stereocenters. The molecule has 0 amide bonds. The van der Waals surface area contributed by atoms with Gasteiger partial charge in [-0.05, 0) is 82.2 Å². The van der Waals surface area contributed by atoms with Gasteiger partial charge in [-0.15, -0.1) is 54.1 Å². The fraction of sp³-hybridized carbons (Fsp3) is 0.196. The number of fused-ring (bicyclic) bond motifs is 4. The van der Waals surface area contributed by atoms with Gasteiger partial charge in [0.25, 0.3) is 0 Å². The molecule has 58 heavy (non-hydrogen) atoms. The Balaban J connectivity index is 0.000000254. The maximum Gasteiger partial charge on any atom is 0.139 e. The van der Waals surface area contributed by atoms with E-state index in [1.165, 1.54) is 33.1 Å². The summed E-state index contributed by atoms with van der Waals surface area (Å²) in [7, 11) is -1.23. The molecule has 0 aliphatic heterocycles. The van der Waals surface area contributed by atoms with Gasteiger partial charge in [0.15, 0.2) is 0 Å². The standard InChI is InChI=1S/C37H32N3O.C14H16NSi.Ir/c1-22(2)29-19-26(25-12-7-6-8-13-25)20-30(23(3)4)35(29)40-33-17-10-9-16-32(33)39-37(40)28-15-11-14-27-31-18-24(5)38-21-34(31)41-36(27)28;1-16(2,3)13-9-10-14(15-11-13)12-7-5-4-6-8-12;/h6-14,16-23H,1-5H3;4-7,9-11H,1-3H3;/q2*-1;. The summed E-state index contributed by atoms with van der Waals surface area (Å²) in [4.78, 5) is 14.2. The van der Waals surface area contributed by atoms with Crippen molar-refractivity contribution >= 4 is 46.2 Å². The SMILES string of the molecule is C[Si](C)(C)c1ccc(-c2[c-]cccc2)nc1.Cc1cc2c(cn1)oc1c(-c3nc4ccccc4n3-c3c(C(C)C)cc(-c4ccccc4)cc3C(C)C)[c-]ccc12.[Ir]. The summed E-state index contributed by atoms with van der Waals surface area (Å²) in [5.41, 5.74) is 13.7. The molecule has 0 aliphatic rings. The summed E-state index contributed by atoms with van der Waals surface area (Å²) in [5, 5.41) is 3.50. The van der Waals surface area contributed by atoms with E-state index in [0.29, 0.717) is 11.8 Å². The van der Waals surface area contributed by atoms with Crippen molar-refractivity contribution in [3.63, 3.8) is 0 Å². The van der Waals surface area contributed by atoms with E-state index in [1.807, 2.05) is 49.6 Å². The molecule has 0 fully saturated rings. The number of nitrogens with zero attached hydrogens (tertiary/aromatic N) is 4. The van der Waals surface area contributed by atoms with Crippen LogP contribution in [0.25, 0.3) is 72.4 Å². The van der Waals surface area contributed by atoms with Crippen LogP contribution in [0.4, 0.5) is 0 Å². The first-order valence-electron chi connectivity index (χ1n) is 19.8. The van der Waals surface area contributed by atoms with Gasteiger partial charge in [-0.3, -0.25) is 9.97 Å². The summed E-state index contributed by atoms with van der Waals surface area (Å²) in [6.45, 7) is 18.1. The van der Waals surface area contributed by atoms with Gasteiger partial charge in [-0.25, -0.2) is 0 Å². The first-order chi connectivity index (χ1) is 27.5. The summed E-state index contributed by atoms with van der Waals surface area (Å²) < 4.78 is 8.81. The predicted octanol–water partition coefficient (Wildman–Crippen LogP) is 13.1. The number of aromatic nitrogens is 4. The molecule has 0 saturated heterocycles. The van der Waals surface area contributed by atoms with E-state index >= 15 is 0 Å². The Kier molecular flexibility index (Phi) is 11.8. The van der Waals surface area contributed by atoms with Crippen LogP contribution in [0.15, 0.2) is 138 Å². The van der Waals surface area contributed by atoms with Crippen molar-refractivity contribution < 1.29 is 24.5 Å². The van der Waals surface area contributed by atoms with E-state index in [-0.39, 0.29) is 20.1 Å². The summed E-state index contributed by atoms with van der Waals surface area (Å²) in [6, 6.07) is 48.9. The van der Waals surface area contributed by atoms with Crippen molar-refractivity contribution in [2.75, 3.05) is 0 Å². The van der Waals surface area contributed by atoms with Gasteiger partial charge in [0.05, 0.1) is 36.7 Å².